The second-order valence-corrected chi connectivity index (χ2v) is 5.31. The lowest BCUT2D eigenvalue weighted by Crippen LogP contribution is -2.56. The number of rotatable bonds is 4. The predicted molar refractivity (Wildman–Crippen MR) is 76.2 cm³/mol. The number of nitrogens with one attached hydrogen (secondary N) is 1. The first-order valence-electron chi connectivity index (χ1n) is 7.10. The van der Waals surface area contributed by atoms with Gasteiger partial charge in [-0.2, -0.15) is 5.10 Å². The lowest BCUT2D eigenvalue weighted by molar-refractivity contribution is -0.135. The van der Waals surface area contributed by atoms with Crippen molar-refractivity contribution in [2.24, 2.45) is 0 Å². The summed E-state index contributed by atoms with van der Waals surface area (Å²) in [6.07, 6.45) is -0.412. The number of methoxy groups -OCH3 is 1. The molecule has 2 rings (SSSR count). The molecule has 0 unspecified atom stereocenters. The number of hydrogen-bond donors (Lipinski definition) is 2. The van der Waals surface area contributed by atoms with Gasteiger partial charge in [0.1, 0.15) is 12.2 Å². The number of H-pyrrole nitrogens is 1. The van der Waals surface area contributed by atoms with Crippen molar-refractivity contribution in [3.8, 4) is 0 Å². The summed E-state index contributed by atoms with van der Waals surface area (Å²) in [5.74, 6) is -0.229. The van der Waals surface area contributed by atoms with E-state index in [1.54, 1.807) is 7.05 Å². The molecular formula is C14H23N3O4. The molecule has 21 heavy (non-hydrogen) atoms. The Hall–Kier alpha value is -1.44. The maximum atomic E-state index is 12.6. The molecule has 0 spiro atoms. The highest BCUT2D eigenvalue weighted by Crippen LogP contribution is 2.19. The molecule has 0 saturated carbocycles. The van der Waals surface area contributed by atoms with Crippen molar-refractivity contribution in [2.45, 2.75) is 38.5 Å². The van der Waals surface area contributed by atoms with E-state index in [1.807, 2.05) is 13.8 Å². The Labute approximate surface area is 124 Å². The Kier molecular flexibility index (Phi) is 4.97. The molecule has 2 N–H and O–H groups in total. The average molecular weight is 297 g/mol. The number of hydrogen-bond acceptors (Lipinski definition) is 5. The highest BCUT2D eigenvalue weighted by Gasteiger charge is 2.38. The molecule has 7 heteroatoms. The summed E-state index contributed by atoms with van der Waals surface area (Å²) in [7, 11) is 3.17. The molecule has 0 radical (unpaired) electrons. The molecule has 3 atom stereocenters. The van der Waals surface area contributed by atoms with Gasteiger partial charge in [-0.15, -0.1) is 0 Å². The Morgan fingerprint density at radius 3 is 2.86 bits per heavy atom. The molecule has 2 heterocycles. The minimum Gasteiger partial charge on any atom is -0.388 e. The lowest BCUT2D eigenvalue weighted by atomic mass is 10.0. The topological polar surface area (TPSA) is 87.7 Å². The van der Waals surface area contributed by atoms with Crippen LogP contribution in [0.2, 0.25) is 0 Å². The number of carbonyl (C=O) groups is 1. The van der Waals surface area contributed by atoms with Gasteiger partial charge < -0.3 is 19.5 Å². The largest absolute Gasteiger partial charge is 0.388 e. The molecule has 1 saturated heterocycles. The molecule has 1 aliphatic rings. The quantitative estimate of drug-likeness (QED) is 0.824. The van der Waals surface area contributed by atoms with Gasteiger partial charge >= 0.3 is 0 Å². The van der Waals surface area contributed by atoms with Gasteiger partial charge in [0.15, 0.2) is 5.69 Å². The van der Waals surface area contributed by atoms with Crippen LogP contribution in [0.15, 0.2) is 0 Å². The van der Waals surface area contributed by atoms with Crippen LogP contribution in [-0.4, -0.2) is 71.7 Å². The fourth-order valence-corrected chi connectivity index (χ4v) is 2.60. The van der Waals surface area contributed by atoms with Gasteiger partial charge in [0, 0.05) is 25.4 Å². The molecule has 1 aromatic rings. The molecule has 1 aromatic heterocycles. The molecular weight excluding hydrogens is 274 g/mol. The van der Waals surface area contributed by atoms with Crippen molar-refractivity contribution in [3.05, 3.63) is 17.0 Å². The molecule has 0 bridgehead atoms. The summed E-state index contributed by atoms with van der Waals surface area (Å²) < 4.78 is 10.6. The van der Waals surface area contributed by atoms with E-state index in [1.165, 1.54) is 12.0 Å². The van der Waals surface area contributed by atoms with Gasteiger partial charge in [-0.25, -0.2) is 0 Å². The van der Waals surface area contributed by atoms with E-state index >= 15 is 0 Å². The van der Waals surface area contributed by atoms with Crippen LogP contribution in [0.1, 0.15) is 28.7 Å². The second-order valence-electron chi connectivity index (χ2n) is 5.31. The van der Waals surface area contributed by atoms with Crippen LogP contribution < -0.4 is 0 Å². The number of carbonyl (C=O) groups excluding carboxylic acids is 1. The van der Waals surface area contributed by atoms with Gasteiger partial charge in [-0.1, -0.05) is 6.92 Å². The van der Waals surface area contributed by atoms with Gasteiger partial charge in [-0.3, -0.25) is 9.89 Å². The summed E-state index contributed by atoms with van der Waals surface area (Å²) >= 11 is 0. The molecule has 0 aromatic carbocycles. The van der Waals surface area contributed by atoms with Crippen molar-refractivity contribution < 1.29 is 19.4 Å². The third kappa shape index (κ3) is 2.95. The third-order valence-corrected chi connectivity index (χ3v) is 4.13. The fraction of sp³-hybridized carbons (Fsp3) is 0.714. The van der Waals surface area contributed by atoms with Crippen molar-refractivity contribution in [1.29, 1.82) is 0 Å². The number of amides is 1. The van der Waals surface area contributed by atoms with Crippen LogP contribution in [0.5, 0.6) is 0 Å². The predicted octanol–water partition coefficient (Wildman–Crippen LogP) is 0.127. The zero-order valence-corrected chi connectivity index (χ0v) is 12.9. The van der Waals surface area contributed by atoms with Crippen molar-refractivity contribution in [3.63, 3.8) is 0 Å². The van der Waals surface area contributed by atoms with Gasteiger partial charge in [-0.05, 0) is 13.3 Å². The van der Waals surface area contributed by atoms with Crippen molar-refractivity contribution in [2.75, 3.05) is 27.4 Å². The van der Waals surface area contributed by atoms with Crippen LogP contribution in [0.25, 0.3) is 0 Å². The van der Waals surface area contributed by atoms with E-state index < -0.39 is 18.2 Å². The molecule has 1 amide bonds. The monoisotopic (exact) mass is 297 g/mol. The van der Waals surface area contributed by atoms with Crippen molar-refractivity contribution in [1.82, 2.24) is 15.1 Å². The second kappa shape index (κ2) is 6.55. The zero-order valence-electron chi connectivity index (χ0n) is 12.9. The number of aliphatic hydroxyl groups is 1. The summed E-state index contributed by atoms with van der Waals surface area (Å²) in [6, 6.07) is -0.447. The van der Waals surface area contributed by atoms with E-state index in [4.69, 9.17) is 9.47 Å². The van der Waals surface area contributed by atoms with E-state index in [0.717, 1.165) is 17.7 Å². The average Bonchev–Trinajstić information content (AvgIpc) is 2.87. The number of aromatic nitrogens is 2. The molecule has 7 nitrogen and oxygen atoms in total. The van der Waals surface area contributed by atoms with E-state index in [0.29, 0.717) is 12.3 Å². The number of ether oxygens (including phenoxy) is 2. The lowest BCUT2D eigenvalue weighted by Gasteiger charge is -2.38. The first-order chi connectivity index (χ1) is 10.0. The minimum atomic E-state index is -0.775. The minimum absolute atomic E-state index is 0.229. The summed E-state index contributed by atoms with van der Waals surface area (Å²) in [5.41, 5.74) is 2.19. The Bertz CT molecular complexity index is 502. The maximum Gasteiger partial charge on any atom is 0.274 e. The molecule has 1 aliphatic heterocycles. The number of aromatic amines is 1. The Balaban J connectivity index is 2.16. The molecule has 118 valence electrons. The third-order valence-electron chi connectivity index (χ3n) is 4.13. The highest BCUT2D eigenvalue weighted by molar-refractivity contribution is 5.94. The van der Waals surface area contributed by atoms with Crippen LogP contribution in [0, 0.1) is 6.92 Å². The van der Waals surface area contributed by atoms with E-state index in [2.05, 4.69) is 10.2 Å². The van der Waals surface area contributed by atoms with E-state index in [-0.39, 0.29) is 12.5 Å². The normalized spacial score (nSPS) is 25.9. The standard InChI is InChI=1S/C14H23N3O4/c1-5-9-8(2)12(16-15-9)14(19)17(3)10-6-21-7-11(20-4)13(10)18/h10-11,13,18H,5-7H2,1-4H3,(H,15,16)/t10-,11-,13+/m1/s1. The Morgan fingerprint density at radius 2 is 2.29 bits per heavy atom. The molecule has 0 aliphatic carbocycles. The Morgan fingerprint density at radius 1 is 1.57 bits per heavy atom. The smallest absolute Gasteiger partial charge is 0.274 e. The SMILES string of the molecule is CCc1[nH]nc(C(=O)N(C)[C@@H]2COC[C@@H](OC)[C@H]2O)c1C. The van der Waals surface area contributed by atoms with Gasteiger partial charge in [0.05, 0.1) is 19.3 Å². The zero-order chi connectivity index (χ0) is 15.6. The maximum absolute atomic E-state index is 12.6. The van der Waals surface area contributed by atoms with Gasteiger partial charge in [0.2, 0.25) is 0 Å². The number of aryl methyl sites for hydroxylation is 1. The number of nitrogens with zero attached hydrogens (tertiary/aromatic N) is 2. The van der Waals surface area contributed by atoms with Crippen LogP contribution >= 0.6 is 0 Å². The first-order valence-corrected chi connectivity index (χ1v) is 7.10. The van der Waals surface area contributed by atoms with Crippen LogP contribution in [-0.2, 0) is 15.9 Å². The molecule has 1 fully saturated rings. The van der Waals surface area contributed by atoms with Crippen molar-refractivity contribution >= 4 is 5.91 Å². The summed E-state index contributed by atoms with van der Waals surface area (Å²) in [5, 5.41) is 17.3. The van der Waals surface area contributed by atoms with Gasteiger partial charge in [0.25, 0.3) is 5.91 Å². The van der Waals surface area contributed by atoms with Crippen LogP contribution in [0.4, 0.5) is 0 Å². The first kappa shape index (κ1) is 15.9. The number of aliphatic hydroxyl groups excluding tert-OH is 1. The summed E-state index contributed by atoms with van der Waals surface area (Å²) in [4.78, 5) is 14.1. The van der Waals surface area contributed by atoms with E-state index in [9.17, 15) is 9.90 Å². The van der Waals surface area contributed by atoms with Crippen LogP contribution in [0.3, 0.4) is 0 Å². The summed E-state index contributed by atoms with van der Waals surface area (Å²) in [6.45, 7) is 4.49. The fourth-order valence-electron chi connectivity index (χ4n) is 2.60. The number of likely N-dealkylation sites (N-methyl/N-ethyl adjacent to an activating group) is 1. The highest BCUT2D eigenvalue weighted by atomic mass is 16.5.